The van der Waals surface area contributed by atoms with Gasteiger partial charge >= 0.3 is 0 Å². The van der Waals surface area contributed by atoms with Gasteiger partial charge in [-0.25, -0.2) is 0 Å². The first kappa shape index (κ1) is 18.0. The summed E-state index contributed by atoms with van der Waals surface area (Å²) in [5, 5.41) is 0. The lowest BCUT2D eigenvalue weighted by molar-refractivity contribution is 0.355. The highest BCUT2D eigenvalue weighted by molar-refractivity contribution is 7.90. The minimum absolute atomic E-state index is 0.125. The van der Waals surface area contributed by atoms with E-state index >= 15 is 0 Å². The summed E-state index contributed by atoms with van der Waals surface area (Å²) in [6.07, 6.45) is 5.47. The highest BCUT2D eigenvalue weighted by atomic mass is 32.2. The lowest BCUT2D eigenvalue weighted by Crippen LogP contribution is -2.16. The Morgan fingerprint density at radius 2 is 1.81 bits per heavy atom. The van der Waals surface area contributed by atoms with Crippen molar-refractivity contribution in [2.24, 2.45) is 4.40 Å². The first-order valence-corrected chi connectivity index (χ1v) is 9.80. The molecule has 1 heterocycles. The maximum absolute atomic E-state index is 12.6. The minimum atomic E-state index is -3.85. The van der Waals surface area contributed by atoms with Gasteiger partial charge in [0.25, 0.3) is 10.0 Å². The van der Waals surface area contributed by atoms with Crippen LogP contribution < -0.4 is 14.3 Å². The van der Waals surface area contributed by atoms with Crippen molar-refractivity contribution in [1.82, 2.24) is 4.57 Å². The van der Waals surface area contributed by atoms with Gasteiger partial charge in [-0.2, -0.15) is 8.42 Å². The fourth-order valence-electron chi connectivity index (χ4n) is 2.46. The maximum Gasteiger partial charge on any atom is 0.285 e. The number of thiazole rings is 1. The molecule has 1 aromatic heterocycles. The third-order valence-corrected chi connectivity index (χ3v) is 6.11. The van der Waals surface area contributed by atoms with Crippen LogP contribution in [0, 0.1) is 12.3 Å². The van der Waals surface area contributed by atoms with E-state index in [-0.39, 0.29) is 16.2 Å². The number of benzene rings is 2. The molecule has 0 saturated carbocycles. The van der Waals surface area contributed by atoms with Crippen molar-refractivity contribution in [1.29, 1.82) is 0 Å². The molecule has 26 heavy (non-hydrogen) atoms. The molecular weight excluding hydrogens is 372 g/mol. The predicted octanol–water partition coefficient (Wildman–Crippen LogP) is 2.64. The summed E-state index contributed by atoms with van der Waals surface area (Å²) >= 11 is 1.22. The van der Waals surface area contributed by atoms with E-state index in [2.05, 4.69) is 10.3 Å². The molecule has 134 valence electrons. The second-order valence-electron chi connectivity index (χ2n) is 5.23. The summed E-state index contributed by atoms with van der Waals surface area (Å²) in [7, 11) is -0.776. The number of aromatic nitrogens is 1. The van der Waals surface area contributed by atoms with Gasteiger partial charge in [-0.1, -0.05) is 35.5 Å². The van der Waals surface area contributed by atoms with E-state index in [4.69, 9.17) is 15.9 Å². The van der Waals surface area contributed by atoms with Crippen LogP contribution in [0.2, 0.25) is 0 Å². The number of ether oxygens (including phenoxy) is 2. The lowest BCUT2D eigenvalue weighted by Gasteiger charge is -2.08. The van der Waals surface area contributed by atoms with Crippen LogP contribution in [0.5, 0.6) is 11.5 Å². The fourth-order valence-corrected chi connectivity index (χ4v) is 4.72. The molecule has 0 radical (unpaired) electrons. The fraction of sp³-hybridized carbons (Fsp3) is 0.167. The third kappa shape index (κ3) is 3.31. The van der Waals surface area contributed by atoms with Gasteiger partial charge in [0.05, 0.1) is 35.9 Å². The molecule has 3 rings (SSSR count). The number of terminal acetylenes is 1. The van der Waals surface area contributed by atoms with Gasteiger partial charge in [0, 0.05) is 12.1 Å². The molecule has 0 atom stereocenters. The number of methoxy groups -OCH3 is 2. The van der Waals surface area contributed by atoms with Crippen LogP contribution in [0.3, 0.4) is 0 Å². The van der Waals surface area contributed by atoms with Gasteiger partial charge in [-0.15, -0.1) is 10.8 Å². The first-order chi connectivity index (χ1) is 12.5. The summed E-state index contributed by atoms with van der Waals surface area (Å²) < 4.78 is 42.3. The molecule has 0 unspecified atom stereocenters. The average molecular weight is 388 g/mol. The number of rotatable bonds is 5. The third-order valence-electron chi connectivity index (χ3n) is 3.68. The molecule has 0 saturated heterocycles. The zero-order valence-electron chi connectivity index (χ0n) is 14.2. The monoisotopic (exact) mass is 388 g/mol. The van der Waals surface area contributed by atoms with Crippen molar-refractivity contribution in [3.8, 4) is 23.8 Å². The van der Waals surface area contributed by atoms with Crippen LogP contribution in [0.25, 0.3) is 10.2 Å². The molecule has 3 aromatic rings. The SMILES string of the molecule is C#CCn1/c(=N/S(=O)(=O)c2ccccc2)sc2cc(OC)c(OC)cc21. The van der Waals surface area contributed by atoms with Crippen molar-refractivity contribution in [2.75, 3.05) is 14.2 Å². The van der Waals surface area contributed by atoms with E-state index < -0.39 is 10.0 Å². The highest BCUT2D eigenvalue weighted by Crippen LogP contribution is 2.33. The van der Waals surface area contributed by atoms with Gasteiger partial charge < -0.3 is 14.0 Å². The normalized spacial score (nSPS) is 12.1. The summed E-state index contributed by atoms with van der Waals surface area (Å²) in [5.41, 5.74) is 0.729. The quantitative estimate of drug-likeness (QED) is 0.630. The zero-order valence-corrected chi connectivity index (χ0v) is 15.8. The molecule has 0 fully saturated rings. The Bertz CT molecular complexity index is 1150. The number of fused-ring (bicyclic) bond motifs is 1. The molecule has 0 aliphatic heterocycles. The number of hydrogen-bond donors (Lipinski definition) is 0. The van der Waals surface area contributed by atoms with E-state index in [1.807, 2.05) is 0 Å². The topological polar surface area (TPSA) is 69.9 Å². The van der Waals surface area contributed by atoms with Crippen molar-refractivity contribution in [2.45, 2.75) is 11.4 Å². The molecule has 0 aliphatic carbocycles. The largest absolute Gasteiger partial charge is 0.493 e. The maximum atomic E-state index is 12.6. The molecule has 6 nitrogen and oxygen atoms in total. The standard InChI is InChI=1S/C18H16N2O4S2/c1-4-10-20-14-11-15(23-2)16(24-3)12-17(14)25-18(20)19-26(21,22)13-8-6-5-7-9-13/h1,5-9,11-12H,10H2,2-3H3/b19-18-. The Morgan fingerprint density at radius 3 is 2.42 bits per heavy atom. The van der Waals surface area contributed by atoms with Crippen molar-refractivity contribution >= 4 is 31.6 Å². The van der Waals surface area contributed by atoms with E-state index in [1.165, 1.54) is 37.7 Å². The van der Waals surface area contributed by atoms with Crippen molar-refractivity contribution in [3.63, 3.8) is 0 Å². The minimum Gasteiger partial charge on any atom is -0.493 e. The van der Waals surface area contributed by atoms with Crippen molar-refractivity contribution in [3.05, 3.63) is 47.3 Å². The Labute approximate surface area is 155 Å². The number of hydrogen-bond acceptors (Lipinski definition) is 5. The molecule has 2 aromatic carbocycles. The Morgan fingerprint density at radius 1 is 1.15 bits per heavy atom. The molecule has 0 bridgehead atoms. The van der Waals surface area contributed by atoms with Gasteiger partial charge in [-0.3, -0.25) is 0 Å². The Kier molecular flexibility index (Phi) is 5.02. The Balaban J connectivity index is 2.29. The smallest absolute Gasteiger partial charge is 0.285 e. The molecule has 0 spiro atoms. The van der Waals surface area contributed by atoms with Crippen LogP contribution in [0.4, 0.5) is 0 Å². The highest BCUT2D eigenvalue weighted by Gasteiger charge is 2.16. The van der Waals surface area contributed by atoms with Crippen LogP contribution in [-0.2, 0) is 16.6 Å². The molecule has 0 amide bonds. The molecule has 0 aliphatic rings. The van der Waals surface area contributed by atoms with Gasteiger partial charge in [0.15, 0.2) is 11.5 Å². The van der Waals surface area contributed by atoms with E-state index in [0.29, 0.717) is 11.5 Å². The van der Waals surface area contributed by atoms with Gasteiger partial charge in [-0.05, 0) is 12.1 Å². The predicted molar refractivity (Wildman–Crippen MR) is 101 cm³/mol. The average Bonchev–Trinajstić information content (AvgIpc) is 2.97. The van der Waals surface area contributed by atoms with Crippen LogP contribution in [0.1, 0.15) is 0 Å². The van der Waals surface area contributed by atoms with Gasteiger partial charge in [0.1, 0.15) is 0 Å². The molecular formula is C18H16N2O4S2. The summed E-state index contributed by atoms with van der Waals surface area (Å²) in [6, 6.07) is 11.6. The summed E-state index contributed by atoms with van der Waals surface area (Å²) in [5.74, 6) is 3.61. The van der Waals surface area contributed by atoms with E-state index in [0.717, 1.165) is 10.2 Å². The lowest BCUT2D eigenvalue weighted by atomic mass is 10.3. The second-order valence-corrected chi connectivity index (χ2v) is 7.84. The van der Waals surface area contributed by atoms with Crippen LogP contribution in [0.15, 0.2) is 51.8 Å². The van der Waals surface area contributed by atoms with E-state index in [9.17, 15) is 8.42 Å². The van der Waals surface area contributed by atoms with Crippen LogP contribution >= 0.6 is 11.3 Å². The van der Waals surface area contributed by atoms with Crippen molar-refractivity contribution < 1.29 is 17.9 Å². The zero-order chi connectivity index (χ0) is 18.7. The molecule has 0 N–H and O–H groups in total. The Hall–Kier alpha value is -2.76. The number of nitrogens with zero attached hydrogens (tertiary/aromatic N) is 2. The summed E-state index contributed by atoms with van der Waals surface area (Å²) in [6.45, 7) is 0.179. The van der Waals surface area contributed by atoms with Crippen LogP contribution in [-0.4, -0.2) is 27.2 Å². The van der Waals surface area contributed by atoms with Gasteiger partial charge in [0.2, 0.25) is 4.80 Å². The first-order valence-electron chi connectivity index (χ1n) is 7.55. The molecule has 8 heteroatoms. The second kappa shape index (κ2) is 7.23. The summed E-state index contributed by atoms with van der Waals surface area (Å²) in [4.78, 5) is 0.414. The van der Waals surface area contributed by atoms with E-state index in [1.54, 1.807) is 34.9 Å². The number of sulfonamides is 1.